The first-order valence-electron chi connectivity index (χ1n) is 9.70. The number of para-hydroxylation sites is 1. The average molecular weight is 433 g/mol. The maximum atomic E-state index is 12.5. The molecule has 2 rings (SSSR count). The molecule has 1 amide bonds. The van der Waals surface area contributed by atoms with Crippen molar-refractivity contribution in [3.63, 3.8) is 0 Å². The van der Waals surface area contributed by atoms with Crippen LogP contribution in [0.3, 0.4) is 0 Å². The summed E-state index contributed by atoms with van der Waals surface area (Å²) in [6, 6.07) is 11.3. The van der Waals surface area contributed by atoms with Crippen LogP contribution in [-0.4, -0.2) is 33.9 Å². The average Bonchev–Trinajstić information content (AvgIpc) is 2.71. The first kappa shape index (κ1) is 23.6. The number of hydrogen-bond acceptors (Lipinski definition) is 5. The van der Waals surface area contributed by atoms with E-state index >= 15 is 0 Å². The molecule has 7 nitrogen and oxygen atoms in total. The smallest absolute Gasteiger partial charge is 0.338 e. The standard InChI is InChI=1S/C22H28N2O5S/c1-14(2)18-10-7-11-19(15(3)4)21(18)24-20(25)13-29-22(26)16-8-6-9-17(12-16)30(27,28)23-5/h6-12,14-15,23H,13H2,1-5H3,(H,24,25). The largest absolute Gasteiger partial charge is 0.452 e. The lowest BCUT2D eigenvalue weighted by molar-refractivity contribution is -0.119. The quantitative estimate of drug-likeness (QED) is 0.620. The van der Waals surface area contributed by atoms with Crippen LogP contribution in [-0.2, 0) is 19.6 Å². The van der Waals surface area contributed by atoms with Crippen LogP contribution in [0.4, 0.5) is 5.69 Å². The van der Waals surface area contributed by atoms with Crippen molar-refractivity contribution in [2.24, 2.45) is 0 Å². The highest BCUT2D eigenvalue weighted by atomic mass is 32.2. The Morgan fingerprint density at radius 2 is 1.53 bits per heavy atom. The molecule has 162 valence electrons. The summed E-state index contributed by atoms with van der Waals surface area (Å²) in [5.74, 6) is -0.825. The van der Waals surface area contributed by atoms with Crippen LogP contribution in [0.15, 0.2) is 47.4 Å². The van der Waals surface area contributed by atoms with E-state index in [4.69, 9.17) is 4.74 Å². The molecule has 8 heteroatoms. The molecule has 30 heavy (non-hydrogen) atoms. The fourth-order valence-electron chi connectivity index (χ4n) is 2.99. The lowest BCUT2D eigenvalue weighted by atomic mass is 9.92. The van der Waals surface area contributed by atoms with Crippen LogP contribution in [0, 0.1) is 0 Å². The van der Waals surface area contributed by atoms with Gasteiger partial charge in [-0.05, 0) is 48.2 Å². The van der Waals surface area contributed by atoms with Gasteiger partial charge < -0.3 is 10.1 Å². The number of sulfonamides is 1. The van der Waals surface area contributed by atoms with Gasteiger partial charge in [0.25, 0.3) is 5.91 Å². The second-order valence-electron chi connectivity index (χ2n) is 7.48. The number of anilines is 1. The van der Waals surface area contributed by atoms with Crippen LogP contribution in [0.2, 0.25) is 0 Å². The third-order valence-electron chi connectivity index (χ3n) is 4.62. The third-order valence-corrected chi connectivity index (χ3v) is 6.03. The molecular weight excluding hydrogens is 404 g/mol. The summed E-state index contributed by atoms with van der Waals surface area (Å²) in [5, 5.41) is 2.87. The molecule has 0 heterocycles. The molecule has 0 bridgehead atoms. The number of nitrogens with one attached hydrogen (secondary N) is 2. The van der Waals surface area contributed by atoms with Crippen molar-refractivity contribution < 1.29 is 22.7 Å². The topological polar surface area (TPSA) is 102 Å². The summed E-state index contributed by atoms with van der Waals surface area (Å²) < 4.78 is 31.1. The first-order chi connectivity index (χ1) is 14.1. The Hall–Kier alpha value is -2.71. The van der Waals surface area contributed by atoms with Crippen molar-refractivity contribution in [3.8, 4) is 0 Å². The van der Waals surface area contributed by atoms with Crippen molar-refractivity contribution >= 4 is 27.6 Å². The number of rotatable bonds is 8. The van der Waals surface area contributed by atoms with E-state index in [-0.39, 0.29) is 22.3 Å². The summed E-state index contributed by atoms with van der Waals surface area (Å²) in [6.45, 7) is 7.69. The minimum Gasteiger partial charge on any atom is -0.452 e. The van der Waals surface area contributed by atoms with Gasteiger partial charge in [0.05, 0.1) is 10.5 Å². The van der Waals surface area contributed by atoms with E-state index in [0.29, 0.717) is 0 Å². The second-order valence-corrected chi connectivity index (χ2v) is 9.37. The molecule has 2 aromatic carbocycles. The molecule has 0 fully saturated rings. The molecule has 0 saturated heterocycles. The maximum Gasteiger partial charge on any atom is 0.338 e. The molecule has 2 aromatic rings. The number of carbonyl (C=O) groups is 2. The van der Waals surface area contributed by atoms with Gasteiger partial charge in [-0.25, -0.2) is 17.9 Å². The number of hydrogen-bond donors (Lipinski definition) is 2. The van der Waals surface area contributed by atoms with Crippen molar-refractivity contribution in [2.75, 3.05) is 19.0 Å². The molecule has 2 N–H and O–H groups in total. The van der Waals surface area contributed by atoms with Crippen LogP contribution in [0.5, 0.6) is 0 Å². The SMILES string of the molecule is CNS(=O)(=O)c1cccc(C(=O)OCC(=O)Nc2c(C(C)C)cccc2C(C)C)c1. The maximum absolute atomic E-state index is 12.5. The molecule has 0 spiro atoms. The monoisotopic (exact) mass is 432 g/mol. The molecule has 0 radical (unpaired) electrons. The fraction of sp³-hybridized carbons (Fsp3) is 0.364. The van der Waals surface area contributed by atoms with E-state index in [1.165, 1.54) is 31.3 Å². The highest BCUT2D eigenvalue weighted by molar-refractivity contribution is 7.89. The van der Waals surface area contributed by atoms with Crippen LogP contribution < -0.4 is 10.0 Å². The molecule has 0 atom stereocenters. The van der Waals surface area contributed by atoms with Crippen LogP contribution >= 0.6 is 0 Å². The Labute approximate surface area is 177 Å². The Morgan fingerprint density at radius 3 is 2.07 bits per heavy atom. The van der Waals surface area contributed by atoms with Crippen molar-refractivity contribution in [3.05, 3.63) is 59.2 Å². The summed E-state index contributed by atoms with van der Waals surface area (Å²) >= 11 is 0. The van der Waals surface area contributed by atoms with Crippen LogP contribution in [0.1, 0.15) is 61.0 Å². The summed E-state index contributed by atoms with van der Waals surface area (Å²) in [7, 11) is -2.41. The van der Waals surface area contributed by atoms with Gasteiger partial charge in [0.2, 0.25) is 10.0 Å². The highest BCUT2D eigenvalue weighted by Crippen LogP contribution is 2.32. The molecule has 0 aliphatic carbocycles. The van der Waals surface area contributed by atoms with E-state index in [1.807, 2.05) is 45.9 Å². The summed E-state index contributed by atoms with van der Waals surface area (Å²) in [5.41, 5.74) is 2.80. The van der Waals surface area contributed by atoms with E-state index in [2.05, 4.69) is 10.0 Å². The van der Waals surface area contributed by atoms with E-state index in [1.54, 1.807) is 0 Å². The molecule has 0 saturated carbocycles. The Morgan fingerprint density at radius 1 is 0.967 bits per heavy atom. The number of ether oxygens (including phenoxy) is 1. The number of benzene rings is 2. The van der Waals surface area contributed by atoms with Gasteiger partial charge in [0.1, 0.15) is 0 Å². The van der Waals surface area contributed by atoms with Crippen LogP contribution in [0.25, 0.3) is 0 Å². The van der Waals surface area contributed by atoms with Crippen molar-refractivity contribution in [1.29, 1.82) is 0 Å². The summed E-state index contributed by atoms with van der Waals surface area (Å²) in [6.07, 6.45) is 0. The third kappa shape index (κ3) is 5.67. The fourth-order valence-corrected chi connectivity index (χ4v) is 3.77. The van der Waals surface area contributed by atoms with Gasteiger partial charge in [0.15, 0.2) is 6.61 Å². The zero-order valence-electron chi connectivity index (χ0n) is 17.9. The molecule has 0 aliphatic heterocycles. The first-order valence-corrected chi connectivity index (χ1v) is 11.2. The van der Waals surface area contributed by atoms with Gasteiger partial charge in [0, 0.05) is 5.69 Å². The van der Waals surface area contributed by atoms with Gasteiger partial charge >= 0.3 is 5.97 Å². The van der Waals surface area contributed by atoms with Crippen molar-refractivity contribution in [1.82, 2.24) is 4.72 Å². The minimum atomic E-state index is -3.69. The normalized spacial score (nSPS) is 11.6. The van der Waals surface area contributed by atoms with E-state index in [0.717, 1.165) is 16.8 Å². The van der Waals surface area contributed by atoms with Gasteiger partial charge in [-0.1, -0.05) is 52.0 Å². The lowest BCUT2D eigenvalue weighted by Crippen LogP contribution is -2.23. The predicted octanol–water partition coefficient (Wildman–Crippen LogP) is 3.64. The Balaban J connectivity index is 2.13. The van der Waals surface area contributed by atoms with Gasteiger partial charge in [-0.2, -0.15) is 0 Å². The predicted molar refractivity (Wildman–Crippen MR) is 116 cm³/mol. The minimum absolute atomic E-state index is 0.0459. The molecule has 0 aromatic heterocycles. The van der Waals surface area contributed by atoms with Crippen molar-refractivity contribution in [2.45, 2.75) is 44.4 Å². The zero-order chi connectivity index (χ0) is 22.5. The lowest BCUT2D eigenvalue weighted by Gasteiger charge is -2.20. The number of carbonyl (C=O) groups excluding carboxylic acids is 2. The summed E-state index contributed by atoms with van der Waals surface area (Å²) in [4.78, 5) is 24.7. The molecule has 0 aliphatic rings. The molecule has 0 unspecified atom stereocenters. The van der Waals surface area contributed by atoms with Gasteiger partial charge in [-0.3, -0.25) is 4.79 Å². The Kier molecular flexibility index (Phi) is 7.75. The zero-order valence-corrected chi connectivity index (χ0v) is 18.7. The van der Waals surface area contributed by atoms with E-state index < -0.39 is 28.5 Å². The van der Waals surface area contributed by atoms with E-state index in [9.17, 15) is 18.0 Å². The van der Waals surface area contributed by atoms with Gasteiger partial charge in [-0.15, -0.1) is 0 Å². The highest BCUT2D eigenvalue weighted by Gasteiger charge is 2.18. The Bertz CT molecular complexity index is 1000. The molecular formula is C22H28N2O5S. The second kappa shape index (κ2) is 9.86. The number of esters is 1. The number of amides is 1.